The van der Waals surface area contributed by atoms with Gasteiger partial charge in [-0.2, -0.15) is 16.9 Å². The van der Waals surface area contributed by atoms with Gasteiger partial charge in [-0.05, 0) is 70.4 Å². The van der Waals surface area contributed by atoms with Crippen LogP contribution in [0.5, 0.6) is 0 Å². The third kappa shape index (κ3) is 4.40. The highest BCUT2D eigenvalue weighted by molar-refractivity contribution is 7.98. The zero-order chi connectivity index (χ0) is 17.6. The Morgan fingerprint density at radius 2 is 2.12 bits per heavy atom. The predicted molar refractivity (Wildman–Crippen MR) is 104 cm³/mol. The molecule has 0 bridgehead atoms. The normalized spacial score (nSPS) is 20.6. The lowest BCUT2D eigenvalue weighted by Crippen LogP contribution is -2.38. The van der Waals surface area contributed by atoms with Gasteiger partial charge in [0.15, 0.2) is 5.69 Å². The van der Waals surface area contributed by atoms with Crippen LogP contribution in [0, 0.1) is 0 Å². The number of aryl methyl sites for hydroxylation is 1. The lowest BCUT2D eigenvalue weighted by atomic mass is 9.91. The number of rotatable bonds is 7. The first-order valence-corrected chi connectivity index (χ1v) is 11.2. The second kappa shape index (κ2) is 9.08. The first-order chi connectivity index (χ1) is 12.2. The summed E-state index contributed by atoms with van der Waals surface area (Å²) in [6, 6.07) is 0.483. The summed E-state index contributed by atoms with van der Waals surface area (Å²) in [4.78, 5) is 15.0. The molecule has 0 spiro atoms. The molecule has 0 saturated carbocycles. The minimum Gasteiger partial charge on any atom is -0.337 e. The molecule has 1 aliphatic carbocycles. The molecule has 1 saturated heterocycles. The zero-order valence-corrected chi connectivity index (χ0v) is 16.5. The highest BCUT2D eigenvalue weighted by Crippen LogP contribution is 2.26. The molecule has 2 heterocycles. The first kappa shape index (κ1) is 18.8. The van der Waals surface area contributed by atoms with E-state index in [9.17, 15) is 4.79 Å². The third-order valence-corrected chi connectivity index (χ3v) is 6.15. The van der Waals surface area contributed by atoms with E-state index in [0.717, 1.165) is 64.0 Å². The van der Waals surface area contributed by atoms with E-state index >= 15 is 0 Å². The van der Waals surface area contributed by atoms with Gasteiger partial charge in [0.2, 0.25) is 0 Å². The Labute approximate surface area is 155 Å². The fourth-order valence-corrected chi connectivity index (χ4v) is 4.50. The number of fused-ring (bicyclic) bond motifs is 1. The lowest BCUT2D eigenvalue weighted by molar-refractivity contribution is 0.0716. The topological polar surface area (TPSA) is 50.2 Å². The molecular formula is C19H32N4OS. The van der Waals surface area contributed by atoms with Crippen molar-refractivity contribution in [1.82, 2.24) is 20.0 Å². The van der Waals surface area contributed by atoms with Crippen molar-refractivity contribution in [3.05, 3.63) is 17.0 Å². The van der Waals surface area contributed by atoms with Crippen molar-refractivity contribution >= 4 is 17.7 Å². The number of aromatic nitrogens is 2. The van der Waals surface area contributed by atoms with Gasteiger partial charge in [0, 0.05) is 36.9 Å². The van der Waals surface area contributed by atoms with Gasteiger partial charge in [-0.3, -0.25) is 9.48 Å². The summed E-state index contributed by atoms with van der Waals surface area (Å²) in [5.74, 6) is 1.36. The molecule has 0 radical (unpaired) electrons. The molecule has 3 rings (SSSR count). The number of hydrogen-bond acceptors (Lipinski definition) is 4. The van der Waals surface area contributed by atoms with Gasteiger partial charge in [-0.15, -0.1) is 0 Å². The Morgan fingerprint density at radius 1 is 1.32 bits per heavy atom. The molecule has 5 nitrogen and oxygen atoms in total. The van der Waals surface area contributed by atoms with E-state index in [1.807, 2.05) is 16.7 Å². The standard InChI is InChI=1S/C19H32N4OS/c1-3-23-17-9-8-15(20-10-7-13-25-2)14-16(17)18(21-23)19(24)22-11-5-4-6-12-22/h15,20H,3-14H2,1-2H3. The minimum atomic E-state index is 0.159. The Kier molecular flexibility index (Phi) is 6.82. The summed E-state index contributed by atoms with van der Waals surface area (Å²) >= 11 is 1.90. The average Bonchev–Trinajstić information content (AvgIpc) is 3.03. The SMILES string of the molecule is CCn1nc(C(=O)N2CCCCC2)c2c1CCC(NCCCSC)C2. The summed E-state index contributed by atoms with van der Waals surface area (Å²) in [6.07, 6.45) is 9.99. The van der Waals surface area contributed by atoms with Crippen molar-refractivity contribution in [3.8, 4) is 0 Å². The fourth-order valence-electron chi connectivity index (χ4n) is 4.06. The van der Waals surface area contributed by atoms with E-state index in [1.54, 1.807) is 0 Å². The molecule has 1 fully saturated rings. The van der Waals surface area contributed by atoms with Crippen LogP contribution < -0.4 is 5.32 Å². The summed E-state index contributed by atoms with van der Waals surface area (Å²) < 4.78 is 2.07. The highest BCUT2D eigenvalue weighted by Gasteiger charge is 2.31. The van der Waals surface area contributed by atoms with Gasteiger partial charge < -0.3 is 10.2 Å². The molecule has 0 aromatic carbocycles. The van der Waals surface area contributed by atoms with Gasteiger partial charge in [0.05, 0.1) is 0 Å². The Morgan fingerprint density at radius 3 is 2.84 bits per heavy atom. The summed E-state index contributed by atoms with van der Waals surface area (Å²) in [7, 11) is 0. The largest absolute Gasteiger partial charge is 0.337 e. The molecule has 1 atom stereocenters. The van der Waals surface area contributed by atoms with Crippen LogP contribution in [0.3, 0.4) is 0 Å². The molecule has 1 aromatic heterocycles. The van der Waals surface area contributed by atoms with E-state index in [1.165, 1.54) is 29.9 Å². The number of nitrogens with one attached hydrogen (secondary N) is 1. The Hall–Kier alpha value is -1.01. The quantitative estimate of drug-likeness (QED) is 0.756. The third-order valence-electron chi connectivity index (χ3n) is 5.45. The molecule has 1 unspecified atom stereocenters. The van der Waals surface area contributed by atoms with Gasteiger partial charge in [-0.1, -0.05) is 0 Å². The monoisotopic (exact) mass is 364 g/mol. The van der Waals surface area contributed by atoms with Crippen LogP contribution in [0.1, 0.15) is 60.8 Å². The van der Waals surface area contributed by atoms with Crippen LogP contribution in [0.25, 0.3) is 0 Å². The minimum absolute atomic E-state index is 0.159. The molecule has 140 valence electrons. The molecule has 1 N–H and O–H groups in total. The molecule has 1 aliphatic heterocycles. The summed E-state index contributed by atoms with van der Waals surface area (Å²) in [5, 5.41) is 8.42. The Bertz CT molecular complexity index is 580. The molecule has 2 aliphatic rings. The molecule has 25 heavy (non-hydrogen) atoms. The van der Waals surface area contributed by atoms with Crippen LogP contribution in [-0.2, 0) is 19.4 Å². The number of nitrogens with zero attached hydrogens (tertiary/aromatic N) is 3. The van der Waals surface area contributed by atoms with Crippen molar-refractivity contribution in [3.63, 3.8) is 0 Å². The first-order valence-electron chi connectivity index (χ1n) is 9.84. The van der Waals surface area contributed by atoms with Gasteiger partial charge in [0.1, 0.15) is 0 Å². The van der Waals surface area contributed by atoms with E-state index in [-0.39, 0.29) is 5.91 Å². The van der Waals surface area contributed by atoms with Crippen molar-refractivity contribution < 1.29 is 4.79 Å². The molecule has 1 amide bonds. The number of amides is 1. The number of piperidine rings is 1. The maximum Gasteiger partial charge on any atom is 0.274 e. The number of carbonyl (C=O) groups is 1. The predicted octanol–water partition coefficient (Wildman–Crippen LogP) is 2.73. The Balaban J connectivity index is 1.72. The van der Waals surface area contributed by atoms with Crippen LogP contribution in [0.2, 0.25) is 0 Å². The van der Waals surface area contributed by atoms with Crippen LogP contribution >= 0.6 is 11.8 Å². The number of thioether (sulfide) groups is 1. The zero-order valence-electron chi connectivity index (χ0n) is 15.7. The molecule has 6 heteroatoms. The van der Waals surface area contributed by atoms with Crippen LogP contribution in [-0.4, -0.2) is 58.3 Å². The van der Waals surface area contributed by atoms with Crippen molar-refractivity contribution in [2.45, 2.75) is 64.5 Å². The van der Waals surface area contributed by atoms with Crippen LogP contribution in [0.15, 0.2) is 0 Å². The molecule has 1 aromatic rings. The van der Waals surface area contributed by atoms with Crippen molar-refractivity contribution in [2.75, 3.05) is 31.6 Å². The van der Waals surface area contributed by atoms with Gasteiger partial charge in [0.25, 0.3) is 5.91 Å². The average molecular weight is 365 g/mol. The van der Waals surface area contributed by atoms with Crippen molar-refractivity contribution in [2.24, 2.45) is 0 Å². The highest BCUT2D eigenvalue weighted by atomic mass is 32.2. The van der Waals surface area contributed by atoms with Gasteiger partial charge >= 0.3 is 0 Å². The fraction of sp³-hybridized carbons (Fsp3) is 0.789. The second-order valence-electron chi connectivity index (χ2n) is 7.18. The maximum absolute atomic E-state index is 13.0. The molecular weight excluding hydrogens is 332 g/mol. The van der Waals surface area contributed by atoms with Crippen molar-refractivity contribution in [1.29, 1.82) is 0 Å². The van der Waals surface area contributed by atoms with Gasteiger partial charge in [-0.25, -0.2) is 0 Å². The summed E-state index contributed by atoms with van der Waals surface area (Å²) in [5.41, 5.74) is 3.24. The lowest BCUT2D eigenvalue weighted by Gasteiger charge is -2.27. The number of likely N-dealkylation sites (tertiary alicyclic amines) is 1. The number of hydrogen-bond donors (Lipinski definition) is 1. The van der Waals surface area contributed by atoms with E-state index < -0.39 is 0 Å². The van der Waals surface area contributed by atoms with E-state index in [0.29, 0.717) is 6.04 Å². The van der Waals surface area contributed by atoms with E-state index in [4.69, 9.17) is 5.10 Å². The number of carbonyl (C=O) groups excluding carboxylic acids is 1. The maximum atomic E-state index is 13.0. The smallest absolute Gasteiger partial charge is 0.274 e. The van der Waals surface area contributed by atoms with E-state index in [2.05, 4.69) is 23.2 Å². The van der Waals surface area contributed by atoms with Crippen LogP contribution in [0.4, 0.5) is 0 Å². The summed E-state index contributed by atoms with van der Waals surface area (Å²) in [6.45, 7) is 5.82. The second-order valence-corrected chi connectivity index (χ2v) is 8.17.